The molecule has 0 atom stereocenters. The Labute approximate surface area is 25.6 Å². The third kappa shape index (κ3) is 6.88. The fourth-order valence-electron chi connectivity index (χ4n) is 0. The molecule has 0 radical (unpaired) electrons. The van der Waals surface area contributed by atoms with E-state index in [9.17, 15) is 4.79 Å². The second kappa shape index (κ2) is 1.04. The molecule has 0 aromatic rings. The second-order valence-corrected chi connectivity index (χ2v) is 0.908. The number of carbonyl (C=O) groups is 1. The van der Waals surface area contributed by atoms with Gasteiger partial charge in [-0.15, -0.1) is 0 Å². The molecule has 0 rings (SSSR count). The van der Waals surface area contributed by atoms with Crippen LogP contribution >= 0.6 is 0 Å². The topological polar surface area (TPSA) is 17.1 Å². The molecule has 0 aromatic heterocycles. The summed E-state index contributed by atoms with van der Waals surface area (Å²) in [6.07, 6.45) is 0. The molecule has 0 spiro atoms. The normalized spacial score (nSPS) is 6.50. The quantitative estimate of drug-likeness (QED) is 0.398. The van der Waals surface area contributed by atoms with Gasteiger partial charge in [0.15, 0.2) is 0 Å². The summed E-state index contributed by atoms with van der Waals surface area (Å²) in [5.41, 5.74) is 0. The van der Waals surface area contributed by atoms with Gasteiger partial charge in [-0.25, -0.2) is 0 Å². The summed E-state index contributed by atoms with van der Waals surface area (Å²) in [4.78, 5) is 9.44. The fraction of sp³-hybridized carbons (Fsp3) is 0.667. The Morgan fingerprint density at radius 2 is 1.50 bits per heavy atom. The zero-order chi connectivity index (χ0) is 3.58. The van der Waals surface area contributed by atoms with Gasteiger partial charge < -0.3 is 4.79 Å². The monoisotopic (exact) mass is 57.1 g/mol. The zero-order valence-corrected chi connectivity index (χ0v) is 2.91. The van der Waals surface area contributed by atoms with Crippen LogP contribution in [0.25, 0.3) is 0 Å². The molecule has 0 unspecified atom stereocenters. The van der Waals surface area contributed by atoms with Gasteiger partial charge in [-0.1, -0.05) is 0 Å². The van der Waals surface area contributed by atoms with Gasteiger partial charge >= 0.3 is 0 Å². The maximum Gasteiger partial charge on any atom is 0.126 e. The van der Waals surface area contributed by atoms with E-state index in [1.54, 1.807) is 0 Å². The van der Waals surface area contributed by atoms with Crippen LogP contribution < -0.4 is 0 Å². The molecule has 0 heterocycles. The molecule has 1 heteroatoms. The van der Waals surface area contributed by atoms with Gasteiger partial charge in [-0.05, 0) is 13.8 Å². The van der Waals surface area contributed by atoms with Gasteiger partial charge in [0.1, 0.15) is 5.78 Å². The smallest absolute Gasteiger partial charge is 0.126 e. The standard InChI is InChI=1S/C3H6O/c1-3(2)4/h1-2H3/i3-1. The molecule has 0 saturated carbocycles. The first-order chi connectivity index (χ1) is 1.73. The van der Waals surface area contributed by atoms with E-state index in [2.05, 4.69) is 0 Å². The molecule has 0 aliphatic carbocycles. The minimum atomic E-state index is 0.167. The minimum Gasteiger partial charge on any atom is -0.300 e. The Hall–Kier alpha value is -0.330. The van der Waals surface area contributed by atoms with Crippen molar-refractivity contribution in [3.05, 3.63) is 0 Å². The van der Waals surface area contributed by atoms with Crippen LogP contribution in [0.15, 0.2) is 0 Å². The molecule has 24 valence electrons. The third-order valence-electron chi connectivity index (χ3n) is 0. The van der Waals surface area contributed by atoms with Crippen molar-refractivity contribution < 1.29 is 4.79 Å². The molecule has 0 fully saturated rings. The summed E-state index contributed by atoms with van der Waals surface area (Å²) in [6, 6.07) is 0. The first-order valence-corrected chi connectivity index (χ1v) is 1.20. The van der Waals surface area contributed by atoms with E-state index in [0.717, 1.165) is 0 Å². The predicted molar refractivity (Wildman–Crippen MR) is 16.4 cm³/mol. The Morgan fingerprint density at radius 1 is 1.50 bits per heavy atom. The van der Waals surface area contributed by atoms with Gasteiger partial charge in [0, 0.05) is 0 Å². The molecule has 4 heavy (non-hydrogen) atoms. The van der Waals surface area contributed by atoms with E-state index in [0.29, 0.717) is 0 Å². The van der Waals surface area contributed by atoms with Crippen LogP contribution in [0.4, 0.5) is 0 Å². The van der Waals surface area contributed by atoms with Crippen LogP contribution in [0.3, 0.4) is 0 Å². The van der Waals surface area contributed by atoms with Crippen molar-refractivity contribution in [2.45, 2.75) is 13.8 Å². The average Bonchev–Trinajstić information content (AvgIpc) is 0.811. The number of rotatable bonds is 0. The lowest BCUT2D eigenvalue weighted by Crippen LogP contribution is -1.69. The SMILES string of the molecule is C[11C](C)=O. The van der Waals surface area contributed by atoms with Gasteiger partial charge in [0.25, 0.3) is 0 Å². The summed E-state index contributed by atoms with van der Waals surface area (Å²) < 4.78 is 0. The molecule has 1 nitrogen and oxygen atoms in total. The van der Waals surface area contributed by atoms with Crippen molar-refractivity contribution in [1.82, 2.24) is 0 Å². The van der Waals surface area contributed by atoms with Gasteiger partial charge in [-0.2, -0.15) is 0 Å². The van der Waals surface area contributed by atoms with E-state index < -0.39 is 0 Å². The predicted octanol–water partition coefficient (Wildman–Crippen LogP) is 0.595. The van der Waals surface area contributed by atoms with Crippen LogP contribution in [0.5, 0.6) is 0 Å². The van der Waals surface area contributed by atoms with Gasteiger partial charge in [0.2, 0.25) is 0 Å². The molecule has 0 aromatic carbocycles. The summed E-state index contributed by atoms with van der Waals surface area (Å²) in [7, 11) is 0. The Kier molecular flexibility index (Phi) is 0.958. The molecule has 0 bridgehead atoms. The Balaban J connectivity index is 2.80. The van der Waals surface area contributed by atoms with E-state index in [1.807, 2.05) is 0 Å². The van der Waals surface area contributed by atoms with E-state index in [4.69, 9.17) is 0 Å². The summed E-state index contributed by atoms with van der Waals surface area (Å²) in [5.74, 6) is 0.167. The Bertz CT molecular complexity index is 26.3. The highest BCUT2D eigenvalue weighted by molar-refractivity contribution is 5.72. The van der Waals surface area contributed by atoms with Crippen LogP contribution in [-0.2, 0) is 4.79 Å². The van der Waals surface area contributed by atoms with Crippen molar-refractivity contribution in [3.63, 3.8) is 0 Å². The first-order valence-electron chi connectivity index (χ1n) is 1.20. The first kappa shape index (κ1) is 3.67. The zero-order valence-electron chi connectivity index (χ0n) is 2.91. The van der Waals surface area contributed by atoms with Crippen LogP contribution in [0, 0.1) is 0 Å². The number of hydrogen-bond acceptors (Lipinski definition) is 1. The van der Waals surface area contributed by atoms with Gasteiger partial charge in [-0.3, -0.25) is 0 Å². The van der Waals surface area contributed by atoms with Crippen molar-refractivity contribution in [2.75, 3.05) is 0 Å². The number of hydrogen-bond donors (Lipinski definition) is 0. The van der Waals surface area contributed by atoms with Gasteiger partial charge in [0.05, 0.1) is 0 Å². The largest absolute Gasteiger partial charge is 0.300 e. The van der Waals surface area contributed by atoms with Crippen molar-refractivity contribution >= 4 is 5.78 Å². The number of carbonyl (C=O) groups excluding carboxylic acids is 1. The molecule has 0 N–H and O–H groups in total. The second-order valence-electron chi connectivity index (χ2n) is 0.908. The van der Waals surface area contributed by atoms with Crippen molar-refractivity contribution in [1.29, 1.82) is 0 Å². The molecule has 0 amide bonds. The molecule has 0 saturated heterocycles. The number of Topliss-reactive ketones (excluding diaryl/α,β-unsaturated/α-hetero) is 1. The minimum absolute atomic E-state index is 0.167. The van der Waals surface area contributed by atoms with E-state index in [1.165, 1.54) is 13.8 Å². The molecule has 0 aliphatic rings. The molecular weight excluding hydrogens is 51.0 g/mol. The number of ketones is 1. The van der Waals surface area contributed by atoms with Crippen LogP contribution in [0.2, 0.25) is 0 Å². The van der Waals surface area contributed by atoms with E-state index >= 15 is 0 Å². The lowest BCUT2D eigenvalue weighted by molar-refractivity contribution is -0.114. The highest BCUT2D eigenvalue weighted by Crippen LogP contribution is 1.50. The summed E-state index contributed by atoms with van der Waals surface area (Å²) in [6.45, 7) is 3.06. The van der Waals surface area contributed by atoms with Crippen LogP contribution in [0.1, 0.15) is 13.8 Å². The molecule has 0 aliphatic heterocycles. The summed E-state index contributed by atoms with van der Waals surface area (Å²) >= 11 is 0. The fourth-order valence-corrected chi connectivity index (χ4v) is 0. The van der Waals surface area contributed by atoms with E-state index in [-0.39, 0.29) is 5.78 Å². The van der Waals surface area contributed by atoms with Crippen molar-refractivity contribution in [3.8, 4) is 0 Å². The lowest BCUT2D eigenvalue weighted by atomic mass is 9.96. The maximum absolute atomic E-state index is 9.44. The third-order valence-corrected chi connectivity index (χ3v) is 0. The summed E-state index contributed by atoms with van der Waals surface area (Å²) in [5, 5.41) is 0. The maximum atomic E-state index is 9.44. The Morgan fingerprint density at radius 3 is 1.50 bits per heavy atom. The van der Waals surface area contributed by atoms with Crippen LogP contribution in [-0.4, -0.2) is 5.78 Å². The highest BCUT2D eigenvalue weighted by atomic mass is 16.1. The molecular formula is C3H6O. The van der Waals surface area contributed by atoms with Crippen molar-refractivity contribution in [2.24, 2.45) is 0 Å². The highest BCUT2D eigenvalue weighted by Gasteiger charge is 1.62. The average molecular weight is 57.1 g/mol. The lowest BCUT2D eigenvalue weighted by Gasteiger charge is -1.56.